The quantitative estimate of drug-likeness (QED) is 0.521. The van der Waals surface area contributed by atoms with E-state index in [1.54, 1.807) is 7.05 Å². The van der Waals surface area contributed by atoms with Crippen LogP contribution in [0.2, 0.25) is 0 Å². The molecule has 0 aliphatic heterocycles. The Morgan fingerprint density at radius 3 is 2.33 bits per heavy atom. The highest BCUT2D eigenvalue weighted by Crippen LogP contribution is 1.89. The molecular formula is C6H11N3. The highest BCUT2D eigenvalue weighted by atomic mass is 14.7. The van der Waals surface area contributed by atoms with Gasteiger partial charge >= 0.3 is 0 Å². The van der Waals surface area contributed by atoms with Gasteiger partial charge in [0.15, 0.2) is 0 Å². The summed E-state index contributed by atoms with van der Waals surface area (Å²) in [5, 5.41) is 6.84. The zero-order valence-corrected chi connectivity index (χ0v) is 5.68. The van der Waals surface area contributed by atoms with Crippen molar-refractivity contribution < 1.29 is 0 Å². The van der Waals surface area contributed by atoms with Gasteiger partial charge in [0.2, 0.25) is 0 Å². The van der Waals surface area contributed by atoms with Crippen LogP contribution in [0.25, 0.3) is 0 Å². The van der Waals surface area contributed by atoms with Crippen molar-refractivity contribution in [3.8, 4) is 0 Å². The SMILES string of the molecule is CN=C(C)C(C=N)=CN. The number of hydrogen-bond donors (Lipinski definition) is 2. The number of rotatable bonds is 2. The normalized spacial score (nSPS) is 13.6. The lowest BCUT2D eigenvalue weighted by Gasteiger charge is -1.94. The Morgan fingerprint density at radius 2 is 2.22 bits per heavy atom. The zero-order chi connectivity index (χ0) is 7.28. The standard InChI is InChI=1S/C6H11N3/c1-5(9-2)6(3-7)4-8/h3-4,7H,8H2,1-2H3. The van der Waals surface area contributed by atoms with Gasteiger partial charge in [0.25, 0.3) is 0 Å². The van der Waals surface area contributed by atoms with E-state index in [-0.39, 0.29) is 0 Å². The van der Waals surface area contributed by atoms with Gasteiger partial charge in [-0.05, 0) is 6.92 Å². The van der Waals surface area contributed by atoms with E-state index in [0.717, 1.165) is 5.71 Å². The fraction of sp³-hybridized carbons (Fsp3) is 0.333. The summed E-state index contributed by atoms with van der Waals surface area (Å²) in [6.45, 7) is 1.81. The predicted molar refractivity (Wildman–Crippen MR) is 40.1 cm³/mol. The molecule has 0 aromatic carbocycles. The maximum Gasteiger partial charge on any atom is 0.0415 e. The van der Waals surface area contributed by atoms with Gasteiger partial charge in [-0.3, -0.25) is 4.99 Å². The van der Waals surface area contributed by atoms with Crippen LogP contribution in [0.1, 0.15) is 6.92 Å². The molecule has 0 amide bonds. The minimum Gasteiger partial charge on any atom is -0.404 e. The van der Waals surface area contributed by atoms with Crippen molar-refractivity contribution in [1.29, 1.82) is 5.41 Å². The molecule has 0 aromatic rings. The molecule has 0 radical (unpaired) electrons. The van der Waals surface area contributed by atoms with Crippen LogP contribution in [0.5, 0.6) is 0 Å². The lowest BCUT2D eigenvalue weighted by molar-refractivity contribution is 1.41. The van der Waals surface area contributed by atoms with Gasteiger partial charge in [0, 0.05) is 30.7 Å². The molecule has 0 spiro atoms. The van der Waals surface area contributed by atoms with Crippen molar-refractivity contribution in [3.05, 3.63) is 11.8 Å². The predicted octanol–water partition coefficient (Wildman–Crippen LogP) is 0.569. The Labute approximate surface area is 54.8 Å². The van der Waals surface area contributed by atoms with Crippen molar-refractivity contribution in [2.75, 3.05) is 7.05 Å². The lowest BCUT2D eigenvalue weighted by atomic mass is 10.2. The first-order valence-electron chi connectivity index (χ1n) is 2.62. The van der Waals surface area contributed by atoms with Crippen LogP contribution in [0, 0.1) is 5.41 Å². The van der Waals surface area contributed by atoms with Gasteiger partial charge in [0.05, 0.1) is 0 Å². The molecule has 0 unspecified atom stereocenters. The summed E-state index contributed by atoms with van der Waals surface area (Å²) in [7, 11) is 1.67. The molecule has 0 saturated carbocycles. The number of nitrogens with two attached hydrogens (primary N) is 1. The molecule has 3 N–H and O–H groups in total. The molecule has 0 aliphatic rings. The number of nitrogens with one attached hydrogen (secondary N) is 1. The smallest absolute Gasteiger partial charge is 0.0415 e. The molecule has 0 rings (SSSR count). The van der Waals surface area contributed by atoms with Crippen LogP contribution >= 0.6 is 0 Å². The van der Waals surface area contributed by atoms with Crippen LogP contribution in [0.15, 0.2) is 16.8 Å². The number of allylic oxidation sites excluding steroid dienone is 1. The molecule has 0 atom stereocenters. The average Bonchev–Trinajstić information content (AvgIpc) is 1.90. The Balaban J connectivity index is 4.32. The average molecular weight is 125 g/mol. The molecule has 0 saturated heterocycles. The maximum atomic E-state index is 6.84. The fourth-order valence-corrected chi connectivity index (χ4v) is 0.402. The van der Waals surface area contributed by atoms with Crippen molar-refractivity contribution in [2.24, 2.45) is 10.7 Å². The largest absolute Gasteiger partial charge is 0.404 e. The number of aliphatic imine (C=N–C) groups is 1. The molecule has 0 bridgehead atoms. The third-order valence-electron chi connectivity index (χ3n) is 1.09. The van der Waals surface area contributed by atoms with Crippen molar-refractivity contribution in [3.63, 3.8) is 0 Å². The third-order valence-corrected chi connectivity index (χ3v) is 1.09. The van der Waals surface area contributed by atoms with Gasteiger partial charge < -0.3 is 11.1 Å². The van der Waals surface area contributed by atoms with E-state index in [1.807, 2.05) is 6.92 Å². The van der Waals surface area contributed by atoms with Crippen LogP contribution in [0.4, 0.5) is 0 Å². The molecule has 50 valence electrons. The van der Waals surface area contributed by atoms with Crippen LogP contribution in [-0.4, -0.2) is 19.0 Å². The van der Waals surface area contributed by atoms with Crippen molar-refractivity contribution >= 4 is 11.9 Å². The first kappa shape index (κ1) is 7.88. The van der Waals surface area contributed by atoms with Crippen molar-refractivity contribution in [2.45, 2.75) is 6.92 Å². The van der Waals surface area contributed by atoms with E-state index in [2.05, 4.69) is 4.99 Å². The number of nitrogens with zero attached hydrogens (tertiary/aromatic N) is 1. The van der Waals surface area contributed by atoms with Crippen LogP contribution in [0.3, 0.4) is 0 Å². The van der Waals surface area contributed by atoms with E-state index in [9.17, 15) is 0 Å². The molecule has 0 aliphatic carbocycles. The van der Waals surface area contributed by atoms with Crippen LogP contribution < -0.4 is 5.73 Å². The third kappa shape index (κ3) is 2.08. The zero-order valence-electron chi connectivity index (χ0n) is 5.68. The highest BCUT2D eigenvalue weighted by Gasteiger charge is 1.92. The molecule has 9 heavy (non-hydrogen) atoms. The summed E-state index contributed by atoms with van der Waals surface area (Å²) >= 11 is 0. The van der Waals surface area contributed by atoms with E-state index in [1.165, 1.54) is 12.4 Å². The van der Waals surface area contributed by atoms with Gasteiger partial charge in [0.1, 0.15) is 0 Å². The van der Waals surface area contributed by atoms with E-state index in [0.29, 0.717) is 5.57 Å². The number of hydrogen-bond acceptors (Lipinski definition) is 3. The Morgan fingerprint density at radius 1 is 1.67 bits per heavy atom. The minimum absolute atomic E-state index is 0.664. The minimum atomic E-state index is 0.664. The van der Waals surface area contributed by atoms with Gasteiger partial charge in [-0.1, -0.05) is 0 Å². The lowest BCUT2D eigenvalue weighted by Crippen LogP contribution is -2.00. The van der Waals surface area contributed by atoms with Gasteiger partial charge in [-0.2, -0.15) is 0 Å². The summed E-state index contributed by atoms with van der Waals surface area (Å²) in [6.07, 6.45) is 2.55. The Bertz CT molecular complexity index is 156. The molecule has 0 heterocycles. The second-order valence-electron chi connectivity index (χ2n) is 1.58. The summed E-state index contributed by atoms with van der Waals surface area (Å²) in [5.41, 5.74) is 6.61. The topological polar surface area (TPSA) is 62.2 Å². The van der Waals surface area contributed by atoms with E-state index in [4.69, 9.17) is 11.1 Å². The Kier molecular flexibility index (Phi) is 3.35. The monoisotopic (exact) mass is 125 g/mol. The summed E-state index contributed by atoms with van der Waals surface area (Å²) in [5.74, 6) is 0. The highest BCUT2D eigenvalue weighted by molar-refractivity contribution is 6.14. The first-order valence-corrected chi connectivity index (χ1v) is 2.62. The van der Waals surface area contributed by atoms with Gasteiger partial charge in [-0.15, -0.1) is 0 Å². The fourth-order valence-electron chi connectivity index (χ4n) is 0.402. The first-order chi connectivity index (χ1) is 4.26. The summed E-state index contributed by atoms with van der Waals surface area (Å²) in [4.78, 5) is 3.85. The van der Waals surface area contributed by atoms with Gasteiger partial charge in [-0.25, -0.2) is 0 Å². The molecule has 0 fully saturated rings. The van der Waals surface area contributed by atoms with E-state index < -0.39 is 0 Å². The molecule has 3 nitrogen and oxygen atoms in total. The summed E-state index contributed by atoms with van der Waals surface area (Å²) in [6, 6.07) is 0. The molecular weight excluding hydrogens is 114 g/mol. The maximum absolute atomic E-state index is 6.84. The second kappa shape index (κ2) is 3.83. The summed E-state index contributed by atoms with van der Waals surface area (Å²) < 4.78 is 0. The second-order valence-corrected chi connectivity index (χ2v) is 1.58. The van der Waals surface area contributed by atoms with E-state index >= 15 is 0 Å². The molecule has 3 heteroatoms. The Hall–Kier alpha value is -1.12. The van der Waals surface area contributed by atoms with Crippen molar-refractivity contribution in [1.82, 2.24) is 0 Å². The molecule has 0 aromatic heterocycles. The van der Waals surface area contributed by atoms with Crippen LogP contribution in [-0.2, 0) is 0 Å².